The molecular formula is C18H22IN5OS. The van der Waals surface area contributed by atoms with E-state index in [1.807, 2.05) is 37.3 Å². The molecule has 0 atom stereocenters. The first-order valence-corrected chi connectivity index (χ1v) is 8.84. The van der Waals surface area contributed by atoms with Crippen LogP contribution in [0.3, 0.4) is 0 Å². The smallest absolute Gasteiger partial charge is 0.191 e. The van der Waals surface area contributed by atoms with Crippen molar-refractivity contribution < 1.29 is 4.42 Å². The van der Waals surface area contributed by atoms with E-state index in [4.69, 9.17) is 4.42 Å². The topological polar surface area (TPSA) is 75.3 Å². The second-order valence-electron chi connectivity index (χ2n) is 5.52. The Hall–Kier alpha value is -1.94. The molecule has 0 aliphatic rings. The van der Waals surface area contributed by atoms with Gasteiger partial charge in [-0.2, -0.15) is 0 Å². The summed E-state index contributed by atoms with van der Waals surface area (Å²) in [5, 5.41) is 7.59. The van der Waals surface area contributed by atoms with Gasteiger partial charge in [0.1, 0.15) is 10.7 Å². The zero-order chi connectivity index (χ0) is 17.6. The third-order valence-corrected chi connectivity index (χ3v) is 4.88. The van der Waals surface area contributed by atoms with Gasteiger partial charge in [-0.15, -0.1) is 35.3 Å². The number of aliphatic imine (C=N–C) groups is 1. The predicted octanol–water partition coefficient (Wildman–Crippen LogP) is 3.90. The first-order chi connectivity index (χ1) is 12.2. The number of aromatic nitrogens is 2. The number of halogens is 1. The summed E-state index contributed by atoms with van der Waals surface area (Å²) in [4.78, 5) is 14.3. The fourth-order valence-electron chi connectivity index (χ4n) is 2.38. The van der Waals surface area contributed by atoms with Gasteiger partial charge in [-0.25, -0.2) is 9.97 Å². The second-order valence-corrected chi connectivity index (χ2v) is 6.81. The summed E-state index contributed by atoms with van der Waals surface area (Å²) in [6, 6.07) is 9.95. The van der Waals surface area contributed by atoms with Gasteiger partial charge >= 0.3 is 0 Å². The highest BCUT2D eigenvalue weighted by atomic mass is 127. The van der Waals surface area contributed by atoms with Crippen molar-refractivity contribution in [2.45, 2.75) is 26.9 Å². The monoisotopic (exact) mass is 483 g/mol. The molecule has 0 amide bonds. The van der Waals surface area contributed by atoms with Crippen molar-refractivity contribution in [1.29, 1.82) is 0 Å². The Labute approximate surface area is 174 Å². The van der Waals surface area contributed by atoms with Gasteiger partial charge in [-0.05, 0) is 13.8 Å². The molecule has 2 aromatic heterocycles. The minimum Gasteiger partial charge on any atom is -0.443 e. The van der Waals surface area contributed by atoms with Crippen LogP contribution in [0.25, 0.3) is 11.3 Å². The zero-order valence-corrected chi connectivity index (χ0v) is 18.1. The Morgan fingerprint density at radius 2 is 1.88 bits per heavy atom. The van der Waals surface area contributed by atoms with Crippen LogP contribution in [0.15, 0.2) is 46.1 Å². The highest BCUT2D eigenvalue weighted by Crippen LogP contribution is 2.22. The molecule has 0 saturated heterocycles. The second kappa shape index (κ2) is 9.67. The van der Waals surface area contributed by atoms with Gasteiger partial charge in [0.05, 0.1) is 18.8 Å². The third kappa shape index (κ3) is 5.04. The van der Waals surface area contributed by atoms with Crippen LogP contribution < -0.4 is 10.6 Å². The Morgan fingerprint density at radius 3 is 2.54 bits per heavy atom. The van der Waals surface area contributed by atoms with Crippen molar-refractivity contribution in [3.8, 4) is 11.3 Å². The molecule has 6 nitrogen and oxygen atoms in total. The number of hydrogen-bond acceptors (Lipinski definition) is 5. The van der Waals surface area contributed by atoms with Crippen LogP contribution in [0.2, 0.25) is 0 Å². The molecule has 138 valence electrons. The lowest BCUT2D eigenvalue weighted by Crippen LogP contribution is -2.36. The summed E-state index contributed by atoms with van der Waals surface area (Å²) in [7, 11) is 1.74. The lowest BCUT2D eigenvalue weighted by atomic mass is 10.1. The molecule has 0 aliphatic heterocycles. The fourth-order valence-corrected chi connectivity index (χ4v) is 3.26. The summed E-state index contributed by atoms with van der Waals surface area (Å²) < 4.78 is 5.54. The molecule has 8 heteroatoms. The first kappa shape index (κ1) is 20.4. The molecule has 0 fully saturated rings. The fraction of sp³-hybridized carbons (Fsp3) is 0.278. The van der Waals surface area contributed by atoms with Gasteiger partial charge in [0.2, 0.25) is 0 Å². The maximum absolute atomic E-state index is 5.54. The molecule has 3 rings (SSSR count). The van der Waals surface area contributed by atoms with Crippen molar-refractivity contribution in [3.05, 3.63) is 58.0 Å². The van der Waals surface area contributed by atoms with E-state index in [9.17, 15) is 0 Å². The van der Waals surface area contributed by atoms with Crippen molar-refractivity contribution in [2.75, 3.05) is 7.05 Å². The number of oxazole rings is 1. The molecule has 0 bridgehead atoms. The summed E-state index contributed by atoms with van der Waals surface area (Å²) in [5.41, 5.74) is 2.93. The van der Waals surface area contributed by atoms with Crippen LogP contribution in [0.1, 0.15) is 21.3 Å². The van der Waals surface area contributed by atoms with E-state index in [1.165, 1.54) is 11.3 Å². The van der Waals surface area contributed by atoms with Gasteiger partial charge in [0.15, 0.2) is 18.1 Å². The standard InChI is InChI=1S/C18H21N5OS.HI/c1-12-13(2)25-16(23-12)10-21-18(19-3)20-9-15-17(24-11-22-15)14-7-5-4-6-8-14;/h4-8,11H,9-10H2,1-3H3,(H2,19,20,21);1H. The zero-order valence-electron chi connectivity index (χ0n) is 14.9. The van der Waals surface area contributed by atoms with Crippen molar-refractivity contribution in [1.82, 2.24) is 20.6 Å². The van der Waals surface area contributed by atoms with E-state index in [-0.39, 0.29) is 24.0 Å². The van der Waals surface area contributed by atoms with Crippen LogP contribution in [-0.4, -0.2) is 23.0 Å². The molecule has 0 unspecified atom stereocenters. The van der Waals surface area contributed by atoms with Crippen LogP contribution >= 0.6 is 35.3 Å². The van der Waals surface area contributed by atoms with E-state index in [1.54, 1.807) is 18.4 Å². The van der Waals surface area contributed by atoms with Gasteiger partial charge in [0, 0.05) is 17.5 Å². The lowest BCUT2D eigenvalue weighted by Gasteiger charge is -2.10. The Bertz CT molecular complexity index is 840. The third-order valence-electron chi connectivity index (χ3n) is 3.80. The largest absolute Gasteiger partial charge is 0.443 e. The van der Waals surface area contributed by atoms with Gasteiger partial charge < -0.3 is 15.1 Å². The van der Waals surface area contributed by atoms with Crippen LogP contribution in [0.4, 0.5) is 0 Å². The maximum atomic E-state index is 5.54. The van der Waals surface area contributed by atoms with Crippen molar-refractivity contribution >= 4 is 41.3 Å². The van der Waals surface area contributed by atoms with E-state index in [2.05, 4.69) is 32.5 Å². The molecule has 3 aromatic rings. The van der Waals surface area contributed by atoms with E-state index in [0.717, 1.165) is 27.7 Å². The summed E-state index contributed by atoms with van der Waals surface area (Å²) in [5.74, 6) is 1.47. The quantitative estimate of drug-likeness (QED) is 0.327. The summed E-state index contributed by atoms with van der Waals surface area (Å²) in [6.07, 6.45) is 1.47. The normalized spacial score (nSPS) is 11.1. The molecule has 2 N–H and O–H groups in total. The lowest BCUT2D eigenvalue weighted by molar-refractivity contribution is 0.570. The predicted molar refractivity (Wildman–Crippen MR) is 116 cm³/mol. The molecule has 1 aromatic carbocycles. The molecular weight excluding hydrogens is 461 g/mol. The summed E-state index contributed by atoms with van der Waals surface area (Å²) in [6.45, 7) is 5.27. The molecule has 2 heterocycles. The van der Waals surface area contributed by atoms with Crippen LogP contribution in [0.5, 0.6) is 0 Å². The van der Waals surface area contributed by atoms with E-state index < -0.39 is 0 Å². The maximum Gasteiger partial charge on any atom is 0.191 e. The van der Waals surface area contributed by atoms with Gasteiger partial charge in [-0.3, -0.25) is 4.99 Å². The number of thiazole rings is 1. The van der Waals surface area contributed by atoms with E-state index >= 15 is 0 Å². The number of aryl methyl sites for hydroxylation is 2. The Morgan fingerprint density at radius 1 is 1.15 bits per heavy atom. The van der Waals surface area contributed by atoms with Crippen LogP contribution in [-0.2, 0) is 13.1 Å². The molecule has 0 saturated carbocycles. The number of hydrogen-bond donors (Lipinski definition) is 2. The minimum absolute atomic E-state index is 0. The number of nitrogens with one attached hydrogen (secondary N) is 2. The molecule has 0 spiro atoms. The van der Waals surface area contributed by atoms with Gasteiger partial charge in [-0.1, -0.05) is 30.3 Å². The summed E-state index contributed by atoms with van der Waals surface area (Å²) >= 11 is 1.70. The van der Waals surface area contributed by atoms with Crippen molar-refractivity contribution in [3.63, 3.8) is 0 Å². The molecule has 0 aliphatic carbocycles. The van der Waals surface area contributed by atoms with Crippen molar-refractivity contribution in [2.24, 2.45) is 4.99 Å². The average molecular weight is 483 g/mol. The Balaban J connectivity index is 0.00000243. The number of benzene rings is 1. The van der Waals surface area contributed by atoms with E-state index in [0.29, 0.717) is 19.0 Å². The van der Waals surface area contributed by atoms with Crippen LogP contribution in [0, 0.1) is 13.8 Å². The molecule has 26 heavy (non-hydrogen) atoms. The number of nitrogens with zero attached hydrogens (tertiary/aromatic N) is 3. The van der Waals surface area contributed by atoms with Gasteiger partial charge in [0.25, 0.3) is 0 Å². The average Bonchev–Trinajstić information content (AvgIpc) is 3.22. The highest BCUT2D eigenvalue weighted by molar-refractivity contribution is 14.0. The Kier molecular flexibility index (Phi) is 7.58. The minimum atomic E-state index is 0. The number of rotatable bonds is 5. The molecule has 0 radical (unpaired) electrons. The highest BCUT2D eigenvalue weighted by Gasteiger charge is 2.11. The first-order valence-electron chi connectivity index (χ1n) is 8.02. The number of guanidine groups is 1. The SMILES string of the molecule is CN=C(NCc1nc(C)c(C)s1)NCc1ncoc1-c1ccccc1.I.